The smallest absolute Gasteiger partial charge is 0.156 e. The molecule has 3 nitrogen and oxygen atoms in total. The van der Waals surface area contributed by atoms with Gasteiger partial charge in [0.25, 0.3) is 0 Å². The Hall–Kier alpha value is -1.74. The van der Waals surface area contributed by atoms with Gasteiger partial charge in [0.05, 0.1) is 11.3 Å². The molecule has 1 aliphatic rings. The number of carbonyl (C=O) groups excluding carboxylic acids is 1. The Balaban J connectivity index is 2.33. The quantitative estimate of drug-likeness (QED) is 0.886. The summed E-state index contributed by atoms with van der Waals surface area (Å²) in [5, 5.41) is 10.7. The Morgan fingerprint density at radius 1 is 1.26 bits per heavy atom. The van der Waals surface area contributed by atoms with E-state index in [9.17, 15) is 9.90 Å². The fourth-order valence-electron chi connectivity index (χ4n) is 2.22. The number of allylic oxidation sites excluding steroid dienone is 1. The molecule has 1 heterocycles. The van der Waals surface area contributed by atoms with E-state index >= 15 is 0 Å². The van der Waals surface area contributed by atoms with Crippen LogP contribution in [0.25, 0.3) is 6.08 Å². The zero-order valence-electron chi connectivity index (χ0n) is 11.6. The molecule has 0 aromatic carbocycles. The molecule has 2 rings (SSSR count). The Kier molecular flexibility index (Phi) is 3.42. The molecular weight excluding hydrogens is 238 g/mol. The predicted molar refractivity (Wildman–Crippen MR) is 75.4 cm³/mol. The highest BCUT2D eigenvalue weighted by molar-refractivity contribution is 5.93. The van der Waals surface area contributed by atoms with Crippen molar-refractivity contribution in [3.05, 3.63) is 47.8 Å². The molecular formula is C16H19NO2. The molecule has 1 aromatic rings. The van der Waals surface area contributed by atoms with Crippen molar-refractivity contribution < 1.29 is 9.90 Å². The lowest BCUT2D eigenvalue weighted by atomic mass is 9.65. The number of hydrogen-bond acceptors (Lipinski definition) is 3. The number of aliphatic hydroxyl groups is 1. The molecule has 100 valence electrons. The fraction of sp³-hybridized carbons (Fsp3) is 0.375. The van der Waals surface area contributed by atoms with Crippen LogP contribution in [-0.2, 0) is 4.79 Å². The molecule has 19 heavy (non-hydrogen) atoms. The van der Waals surface area contributed by atoms with Crippen LogP contribution in [0.4, 0.5) is 0 Å². The summed E-state index contributed by atoms with van der Waals surface area (Å²) in [6, 6.07) is 5.62. The molecule has 0 fully saturated rings. The molecule has 0 spiro atoms. The van der Waals surface area contributed by atoms with Crippen LogP contribution in [-0.4, -0.2) is 21.5 Å². The van der Waals surface area contributed by atoms with Gasteiger partial charge < -0.3 is 5.11 Å². The van der Waals surface area contributed by atoms with Gasteiger partial charge in [-0.05, 0) is 36.8 Å². The van der Waals surface area contributed by atoms with Gasteiger partial charge in [0.1, 0.15) is 0 Å². The average Bonchev–Trinajstić information content (AvgIpc) is 2.33. The lowest BCUT2D eigenvalue weighted by Gasteiger charge is -2.43. The molecule has 1 atom stereocenters. The Morgan fingerprint density at radius 3 is 2.63 bits per heavy atom. The summed E-state index contributed by atoms with van der Waals surface area (Å²) < 4.78 is 0. The Labute approximate surface area is 113 Å². The predicted octanol–water partition coefficient (Wildman–Crippen LogP) is 2.77. The van der Waals surface area contributed by atoms with E-state index in [0.29, 0.717) is 12.0 Å². The van der Waals surface area contributed by atoms with Gasteiger partial charge >= 0.3 is 0 Å². The third-order valence-corrected chi connectivity index (χ3v) is 3.93. The van der Waals surface area contributed by atoms with Gasteiger partial charge in [0.2, 0.25) is 0 Å². The largest absolute Gasteiger partial charge is 0.385 e. The zero-order valence-corrected chi connectivity index (χ0v) is 11.6. The molecule has 0 aliphatic heterocycles. The third kappa shape index (κ3) is 2.66. The third-order valence-electron chi connectivity index (χ3n) is 3.93. The van der Waals surface area contributed by atoms with Crippen molar-refractivity contribution in [3.63, 3.8) is 0 Å². The summed E-state index contributed by atoms with van der Waals surface area (Å²) in [5.74, 6) is 0.0530. The molecule has 0 bridgehead atoms. The first-order chi connectivity index (χ1) is 8.83. The maximum Gasteiger partial charge on any atom is 0.156 e. The van der Waals surface area contributed by atoms with Gasteiger partial charge in [0.15, 0.2) is 5.78 Å². The van der Waals surface area contributed by atoms with Crippen LogP contribution >= 0.6 is 0 Å². The number of rotatable bonds is 2. The van der Waals surface area contributed by atoms with Crippen LogP contribution in [0.3, 0.4) is 0 Å². The summed E-state index contributed by atoms with van der Waals surface area (Å²) in [7, 11) is 0. The van der Waals surface area contributed by atoms with Gasteiger partial charge in [-0.3, -0.25) is 9.78 Å². The normalized spacial score (nSPS) is 26.5. The molecule has 3 heteroatoms. The van der Waals surface area contributed by atoms with E-state index in [1.54, 1.807) is 19.2 Å². The van der Waals surface area contributed by atoms with E-state index < -0.39 is 11.0 Å². The van der Waals surface area contributed by atoms with Gasteiger partial charge in [0, 0.05) is 18.0 Å². The lowest BCUT2D eigenvalue weighted by molar-refractivity contribution is -0.122. The minimum absolute atomic E-state index is 0.0530. The second-order valence-corrected chi connectivity index (χ2v) is 5.79. The Morgan fingerprint density at radius 2 is 2.00 bits per heavy atom. The van der Waals surface area contributed by atoms with Gasteiger partial charge in [-0.2, -0.15) is 0 Å². The van der Waals surface area contributed by atoms with Crippen molar-refractivity contribution in [1.82, 2.24) is 4.98 Å². The number of carbonyl (C=O) groups is 1. The summed E-state index contributed by atoms with van der Waals surface area (Å²) >= 11 is 0. The second-order valence-electron chi connectivity index (χ2n) is 5.79. The lowest BCUT2D eigenvalue weighted by Crippen LogP contribution is -2.47. The van der Waals surface area contributed by atoms with E-state index in [-0.39, 0.29) is 5.78 Å². The van der Waals surface area contributed by atoms with E-state index in [2.05, 4.69) is 4.98 Å². The zero-order chi connectivity index (χ0) is 14.1. The molecule has 0 saturated carbocycles. The van der Waals surface area contributed by atoms with Crippen molar-refractivity contribution in [3.8, 4) is 0 Å². The minimum Gasteiger partial charge on any atom is -0.385 e. The average molecular weight is 257 g/mol. The molecule has 1 aromatic heterocycles. The van der Waals surface area contributed by atoms with Crippen LogP contribution in [0.5, 0.6) is 0 Å². The summed E-state index contributed by atoms with van der Waals surface area (Å²) in [6.07, 6.45) is 7.20. The van der Waals surface area contributed by atoms with E-state index in [1.807, 2.05) is 38.1 Å². The molecule has 1 aliphatic carbocycles. The number of pyridine rings is 1. The van der Waals surface area contributed by atoms with Crippen molar-refractivity contribution in [2.75, 3.05) is 0 Å². The van der Waals surface area contributed by atoms with Gasteiger partial charge in [-0.1, -0.05) is 26.0 Å². The van der Waals surface area contributed by atoms with E-state index in [0.717, 1.165) is 5.69 Å². The summed E-state index contributed by atoms with van der Waals surface area (Å²) in [6.45, 7) is 5.58. The first-order valence-corrected chi connectivity index (χ1v) is 6.39. The number of hydrogen-bond donors (Lipinski definition) is 1. The Bertz CT molecular complexity index is 539. The highest BCUT2D eigenvalue weighted by Crippen LogP contribution is 2.43. The van der Waals surface area contributed by atoms with Crippen LogP contribution in [0.1, 0.15) is 32.9 Å². The first kappa shape index (κ1) is 13.7. The van der Waals surface area contributed by atoms with Crippen LogP contribution in [0, 0.1) is 5.41 Å². The minimum atomic E-state index is -1.02. The van der Waals surface area contributed by atoms with Gasteiger partial charge in [-0.25, -0.2) is 0 Å². The standard InChI is InChI=1S/C16H19NO2/c1-15(2)11-14(18)10-12(16(15,3)19)7-8-13-6-4-5-9-17-13/h4-10,19H,11H2,1-3H3/b8-7+/t16-/m1/s1. The van der Waals surface area contributed by atoms with Crippen LogP contribution in [0.2, 0.25) is 0 Å². The molecule has 0 unspecified atom stereocenters. The van der Waals surface area contributed by atoms with Crippen molar-refractivity contribution in [1.29, 1.82) is 0 Å². The highest BCUT2D eigenvalue weighted by atomic mass is 16.3. The van der Waals surface area contributed by atoms with Crippen LogP contribution in [0.15, 0.2) is 42.1 Å². The fourth-order valence-corrected chi connectivity index (χ4v) is 2.22. The monoisotopic (exact) mass is 257 g/mol. The molecule has 1 N–H and O–H groups in total. The van der Waals surface area contributed by atoms with Gasteiger partial charge in [-0.15, -0.1) is 0 Å². The maximum absolute atomic E-state index is 11.8. The second kappa shape index (κ2) is 4.74. The maximum atomic E-state index is 11.8. The van der Waals surface area contributed by atoms with Crippen molar-refractivity contribution in [2.45, 2.75) is 32.8 Å². The van der Waals surface area contributed by atoms with Crippen LogP contribution < -0.4 is 0 Å². The first-order valence-electron chi connectivity index (χ1n) is 6.39. The molecule has 0 radical (unpaired) electrons. The molecule has 0 amide bonds. The molecule has 0 saturated heterocycles. The highest BCUT2D eigenvalue weighted by Gasteiger charge is 2.45. The van der Waals surface area contributed by atoms with Crippen molar-refractivity contribution in [2.24, 2.45) is 5.41 Å². The summed E-state index contributed by atoms with van der Waals surface area (Å²) in [4.78, 5) is 15.9. The number of ketones is 1. The summed E-state index contributed by atoms with van der Waals surface area (Å²) in [5.41, 5.74) is -0.0520. The number of aromatic nitrogens is 1. The van der Waals surface area contributed by atoms with E-state index in [4.69, 9.17) is 0 Å². The number of nitrogens with zero attached hydrogens (tertiary/aromatic N) is 1. The topological polar surface area (TPSA) is 50.2 Å². The van der Waals surface area contributed by atoms with Crippen molar-refractivity contribution >= 4 is 11.9 Å². The SMILES string of the molecule is CC1(C)CC(=O)C=C(/C=C/c2ccccn2)[C@@]1(C)O. The van der Waals surface area contributed by atoms with E-state index in [1.165, 1.54) is 6.08 Å².